The van der Waals surface area contributed by atoms with Gasteiger partial charge in [0.1, 0.15) is 5.69 Å². The van der Waals surface area contributed by atoms with Gasteiger partial charge >= 0.3 is 0 Å². The van der Waals surface area contributed by atoms with Crippen molar-refractivity contribution in [3.63, 3.8) is 0 Å². The van der Waals surface area contributed by atoms with Gasteiger partial charge in [0.2, 0.25) is 0 Å². The number of imidazole rings is 1. The predicted molar refractivity (Wildman–Crippen MR) is 87.2 cm³/mol. The molecule has 0 aliphatic heterocycles. The molecule has 2 aromatic rings. The maximum absolute atomic E-state index is 10.6. The Hall–Kier alpha value is -1.90. The van der Waals surface area contributed by atoms with Gasteiger partial charge < -0.3 is 4.57 Å². The zero-order valence-corrected chi connectivity index (χ0v) is 13.6. The van der Waals surface area contributed by atoms with Crippen molar-refractivity contribution in [2.24, 2.45) is 0 Å². The van der Waals surface area contributed by atoms with Gasteiger partial charge in [0.25, 0.3) is 0 Å². The number of benzene rings is 1. The van der Waals surface area contributed by atoms with E-state index in [2.05, 4.69) is 4.98 Å². The standard InChI is InChI=1S/C11H10N2O.3C2H6/c14-8-11-6-12-9-13(11)7-10-4-2-1-3-5-10;3*1-2/h1-6,8-9H,7H2;3*1-2H3. The molecule has 0 fully saturated rings. The molecule has 0 aliphatic carbocycles. The second-order valence-corrected chi connectivity index (χ2v) is 3.05. The molecule has 0 aliphatic rings. The highest BCUT2D eigenvalue weighted by Crippen LogP contribution is 2.04. The largest absolute Gasteiger partial charge is 0.324 e. The Kier molecular flexibility index (Phi) is 15.5. The summed E-state index contributed by atoms with van der Waals surface area (Å²) < 4.78 is 1.82. The molecule has 0 spiro atoms. The van der Waals surface area contributed by atoms with Crippen LogP contribution in [-0.2, 0) is 6.54 Å². The van der Waals surface area contributed by atoms with Crippen LogP contribution in [0.5, 0.6) is 0 Å². The Morgan fingerprint density at radius 1 is 1.00 bits per heavy atom. The molecule has 3 nitrogen and oxygen atoms in total. The zero-order chi connectivity index (χ0) is 15.8. The predicted octanol–water partition coefficient (Wildman–Crippen LogP) is 4.82. The van der Waals surface area contributed by atoms with Gasteiger partial charge in [0.15, 0.2) is 6.29 Å². The van der Waals surface area contributed by atoms with Gasteiger partial charge in [-0.15, -0.1) is 0 Å². The molecule has 112 valence electrons. The molecular formula is C17H28N2O. The number of nitrogens with zero attached hydrogens (tertiary/aromatic N) is 2. The second-order valence-electron chi connectivity index (χ2n) is 3.05. The Morgan fingerprint density at radius 2 is 1.55 bits per heavy atom. The fourth-order valence-electron chi connectivity index (χ4n) is 1.34. The van der Waals surface area contributed by atoms with E-state index in [0.29, 0.717) is 12.2 Å². The fourth-order valence-corrected chi connectivity index (χ4v) is 1.34. The Balaban J connectivity index is 0. The van der Waals surface area contributed by atoms with E-state index in [0.717, 1.165) is 11.8 Å². The third-order valence-corrected chi connectivity index (χ3v) is 2.06. The monoisotopic (exact) mass is 276 g/mol. The van der Waals surface area contributed by atoms with E-state index in [1.807, 2.05) is 76.4 Å². The highest BCUT2D eigenvalue weighted by molar-refractivity contribution is 5.71. The molecule has 1 aromatic carbocycles. The number of rotatable bonds is 3. The summed E-state index contributed by atoms with van der Waals surface area (Å²) in [5.41, 5.74) is 1.77. The van der Waals surface area contributed by atoms with Gasteiger partial charge in [-0.3, -0.25) is 4.79 Å². The van der Waals surface area contributed by atoms with Gasteiger partial charge in [-0.1, -0.05) is 71.9 Å². The minimum Gasteiger partial charge on any atom is -0.324 e. The summed E-state index contributed by atoms with van der Waals surface area (Å²) >= 11 is 0. The van der Waals surface area contributed by atoms with Crippen LogP contribution in [0.2, 0.25) is 0 Å². The summed E-state index contributed by atoms with van der Waals surface area (Å²) in [4.78, 5) is 14.5. The zero-order valence-electron chi connectivity index (χ0n) is 13.6. The van der Waals surface area contributed by atoms with Crippen LogP contribution in [0.25, 0.3) is 0 Å². The first-order valence-electron chi connectivity index (χ1n) is 7.39. The molecule has 0 saturated heterocycles. The first-order chi connectivity index (χ1) is 9.90. The maximum atomic E-state index is 10.6. The van der Waals surface area contributed by atoms with Crippen LogP contribution in [0.4, 0.5) is 0 Å². The van der Waals surface area contributed by atoms with Crippen LogP contribution < -0.4 is 0 Å². The molecule has 1 aromatic heterocycles. The van der Waals surface area contributed by atoms with Crippen LogP contribution in [0.1, 0.15) is 57.6 Å². The van der Waals surface area contributed by atoms with Crippen LogP contribution in [0, 0.1) is 0 Å². The lowest BCUT2D eigenvalue weighted by Gasteiger charge is -2.03. The summed E-state index contributed by atoms with van der Waals surface area (Å²) in [5, 5.41) is 0. The number of carbonyl (C=O) groups is 1. The molecule has 0 N–H and O–H groups in total. The Morgan fingerprint density at radius 3 is 2.05 bits per heavy atom. The van der Waals surface area contributed by atoms with Gasteiger partial charge in [-0.2, -0.15) is 0 Å². The van der Waals surface area contributed by atoms with Crippen molar-refractivity contribution in [2.75, 3.05) is 0 Å². The number of aromatic nitrogens is 2. The van der Waals surface area contributed by atoms with Crippen LogP contribution in [0.3, 0.4) is 0 Å². The van der Waals surface area contributed by atoms with E-state index in [1.54, 1.807) is 12.5 Å². The molecule has 0 radical (unpaired) electrons. The van der Waals surface area contributed by atoms with Gasteiger partial charge in [0.05, 0.1) is 12.5 Å². The minimum absolute atomic E-state index is 0.605. The topological polar surface area (TPSA) is 34.9 Å². The summed E-state index contributed by atoms with van der Waals surface area (Å²) in [6.45, 7) is 12.7. The van der Waals surface area contributed by atoms with Crippen LogP contribution in [0.15, 0.2) is 42.9 Å². The van der Waals surface area contributed by atoms with Crippen molar-refractivity contribution in [2.45, 2.75) is 48.1 Å². The first kappa shape index (κ1) is 20.4. The summed E-state index contributed by atoms with van der Waals surface area (Å²) in [7, 11) is 0. The molecule has 0 unspecified atom stereocenters. The number of hydrogen-bond donors (Lipinski definition) is 0. The lowest BCUT2D eigenvalue weighted by atomic mass is 10.2. The van der Waals surface area contributed by atoms with Crippen molar-refractivity contribution >= 4 is 6.29 Å². The van der Waals surface area contributed by atoms with E-state index >= 15 is 0 Å². The molecule has 0 bridgehead atoms. The average Bonchev–Trinajstić information content (AvgIpc) is 3.01. The molecule has 0 saturated carbocycles. The molecule has 20 heavy (non-hydrogen) atoms. The van der Waals surface area contributed by atoms with Crippen molar-refractivity contribution in [1.29, 1.82) is 0 Å². The van der Waals surface area contributed by atoms with Gasteiger partial charge in [-0.05, 0) is 5.56 Å². The lowest BCUT2D eigenvalue weighted by molar-refractivity contribution is 0.111. The van der Waals surface area contributed by atoms with Crippen LogP contribution in [-0.4, -0.2) is 15.8 Å². The highest BCUT2D eigenvalue weighted by Gasteiger charge is 2.00. The Bertz CT molecular complexity index is 422. The van der Waals surface area contributed by atoms with Crippen molar-refractivity contribution < 1.29 is 4.79 Å². The quantitative estimate of drug-likeness (QED) is 0.753. The normalized spacial score (nSPS) is 7.90. The molecule has 0 atom stereocenters. The summed E-state index contributed by atoms with van der Waals surface area (Å²) in [6.07, 6.45) is 4.04. The van der Waals surface area contributed by atoms with Gasteiger partial charge in [-0.25, -0.2) is 4.98 Å². The smallest absolute Gasteiger partial charge is 0.168 e. The third kappa shape index (κ3) is 7.52. The van der Waals surface area contributed by atoms with Crippen molar-refractivity contribution in [3.05, 3.63) is 54.1 Å². The summed E-state index contributed by atoms with van der Waals surface area (Å²) in [5.74, 6) is 0. The van der Waals surface area contributed by atoms with E-state index in [-0.39, 0.29) is 0 Å². The van der Waals surface area contributed by atoms with Crippen molar-refractivity contribution in [1.82, 2.24) is 9.55 Å². The second kappa shape index (κ2) is 15.2. The van der Waals surface area contributed by atoms with Crippen molar-refractivity contribution in [3.8, 4) is 0 Å². The number of carbonyl (C=O) groups excluding carboxylic acids is 1. The van der Waals surface area contributed by atoms with Crippen LogP contribution >= 0.6 is 0 Å². The Labute approximate surface area is 123 Å². The highest BCUT2D eigenvalue weighted by atomic mass is 16.1. The number of hydrogen-bond acceptors (Lipinski definition) is 2. The molecule has 2 rings (SSSR count). The maximum Gasteiger partial charge on any atom is 0.168 e. The fraction of sp³-hybridized carbons (Fsp3) is 0.412. The lowest BCUT2D eigenvalue weighted by Crippen LogP contribution is -2.01. The molecular weight excluding hydrogens is 248 g/mol. The van der Waals surface area contributed by atoms with E-state index in [1.165, 1.54) is 0 Å². The number of aldehydes is 1. The SMILES string of the molecule is CC.CC.CC.O=Cc1cncn1Cc1ccccc1. The average molecular weight is 276 g/mol. The molecule has 3 heteroatoms. The molecule has 1 heterocycles. The van der Waals surface area contributed by atoms with Gasteiger partial charge in [0, 0.05) is 6.54 Å². The summed E-state index contributed by atoms with van der Waals surface area (Å²) in [6, 6.07) is 9.97. The molecule has 0 amide bonds. The van der Waals surface area contributed by atoms with E-state index in [4.69, 9.17) is 0 Å². The first-order valence-corrected chi connectivity index (χ1v) is 7.39. The minimum atomic E-state index is 0.605. The van der Waals surface area contributed by atoms with E-state index < -0.39 is 0 Å². The third-order valence-electron chi connectivity index (χ3n) is 2.06. The van der Waals surface area contributed by atoms with E-state index in [9.17, 15) is 4.79 Å².